The minimum Gasteiger partial charge on any atom is -0.368 e. The summed E-state index contributed by atoms with van der Waals surface area (Å²) in [7, 11) is -3.47. The van der Waals surface area contributed by atoms with Crippen molar-refractivity contribution in [1.82, 2.24) is 19.1 Å². The molecule has 1 aliphatic rings. The van der Waals surface area contributed by atoms with Gasteiger partial charge in [-0.3, -0.25) is 9.36 Å². The Hall–Kier alpha value is -2.11. The first-order valence-corrected chi connectivity index (χ1v) is 11.2. The molecule has 11 heteroatoms. The van der Waals surface area contributed by atoms with Crippen LogP contribution in [0.25, 0.3) is 0 Å². The van der Waals surface area contributed by atoms with E-state index in [2.05, 4.69) is 15.5 Å². The van der Waals surface area contributed by atoms with Gasteiger partial charge in [-0.2, -0.15) is 4.31 Å². The van der Waals surface area contributed by atoms with Gasteiger partial charge in [0.1, 0.15) is 6.04 Å². The molecule has 9 nitrogen and oxygen atoms in total. The van der Waals surface area contributed by atoms with Crippen LogP contribution in [0.15, 0.2) is 34.3 Å². The van der Waals surface area contributed by atoms with E-state index in [-0.39, 0.29) is 16.8 Å². The molecular formula is C16H22N6O3S2. The Kier molecular flexibility index (Phi) is 5.72. The van der Waals surface area contributed by atoms with Gasteiger partial charge in [0.25, 0.3) is 0 Å². The summed E-state index contributed by atoms with van der Waals surface area (Å²) in [6.07, 6.45) is 3.59. The van der Waals surface area contributed by atoms with Gasteiger partial charge < -0.3 is 11.1 Å². The molecule has 3 N–H and O–H groups in total. The summed E-state index contributed by atoms with van der Waals surface area (Å²) in [5.74, 6) is -0.138. The van der Waals surface area contributed by atoms with Crippen molar-refractivity contribution in [1.29, 1.82) is 0 Å². The number of anilines is 2. The lowest BCUT2D eigenvalue weighted by Gasteiger charge is -2.17. The maximum absolute atomic E-state index is 12.5. The van der Waals surface area contributed by atoms with Gasteiger partial charge in [-0.05, 0) is 50.3 Å². The van der Waals surface area contributed by atoms with Crippen molar-refractivity contribution in [2.24, 2.45) is 0 Å². The number of benzene rings is 1. The predicted octanol–water partition coefficient (Wildman–Crippen LogP) is 1.57. The van der Waals surface area contributed by atoms with Gasteiger partial charge in [-0.1, -0.05) is 11.8 Å². The second kappa shape index (κ2) is 7.87. The molecule has 2 aromatic rings. The number of aromatic nitrogens is 3. The maximum atomic E-state index is 12.5. The molecule has 1 aliphatic heterocycles. The second-order valence-electron chi connectivity index (χ2n) is 6.22. The number of nitrogens with two attached hydrogens (primary N) is 1. The number of hydrogen-bond donors (Lipinski definition) is 2. The molecule has 0 aliphatic carbocycles. The molecular weight excluding hydrogens is 388 g/mol. The summed E-state index contributed by atoms with van der Waals surface area (Å²) in [6, 6.07) is 5.57. The zero-order valence-corrected chi connectivity index (χ0v) is 16.8. The molecule has 1 unspecified atom stereocenters. The van der Waals surface area contributed by atoms with E-state index in [9.17, 15) is 13.2 Å². The van der Waals surface area contributed by atoms with Crippen molar-refractivity contribution in [2.45, 2.75) is 35.9 Å². The average molecular weight is 411 g/mol. The quantitative estimate of drug-likeness (QED) is 0.693. The first-order chi connectivity index (χ1) is 12.8. The fourth-order valence-electron chi connectivity index (χ4n) is 2.94. The number of hydrogen-bond acceptors (Lipinski definition) is 7. The van der Waals surface area contributed by atoms with Crippen LogP contribution in [-0.2, 0) is 14.8 Å². The third-order valence-corrected chi connectivity index (χ3v) is 7.02. The third kappa shape index (κ3) is 3.94. The van der Waals surface area contributed by atoms with E-state index in [1.165, 1.54) is 28.2 Å². The molecule has 1 saturated heterocycles. The molecule has 0 radical (unpaired) electrons. The monoisotopic (exact) mass is 410 g/mol. The smallest absolute Gasteiger partial charge is 0.247 e. The molecule has 1 amide bonds. The predicted molar refractivity (Wildman–Crippen MR) is 104 cm³/mol. The largest absolute Gasteiger partial charge is 0.368 e. The number of rotatable bonds is 6. The molecule has 1 atom stereocenters. The van der Waals surface area contributed by atoms with Crippen molar-refractivity contribution < 1.29 is 13.2 Å². The van der Waals surface area contributed by atoms with Crippen molar-refractivity contribution in [3.8, 4) is 0 Å². The molecule has 146 valence electrons. The van der Waals surface area contributed by atoms with Crippen LogP contribution in [-0.4, -0.2) is 52.7 Å². The number of thioether (sulfide) groups is 1. The summed E-state index contributed by atoms with van der Waals surface area (Å²) in [6.45, 7) is 2.80. The van der Waals surface area contributed by atoms with Gasteiger partial charge >= 0.3 is 0 Å². The summed E-state index contributed by atoms with van der Waals surface area (Å²) < 4.78 is 28.1. The van der Waals surface area contributed by atoms with E-state index in [0.29, 0.717) is 23.9 Å². The van der Waals surface area contributed by atoms with Crippen LogP contribution in [0.3, 0.4) is 0 Å². The highest BCUT2D eigenvalue weighted by atomic mass is 32.2. The Labute approximate surface area is 162 Å². The standard InChI is InChI=1S/C16H22N6O3S2/c1-11(22-15(17)19-20-16(22)26-2)14(23)18-12-5-7-13(8-6-12)27(24,25)21-9-3-4-10-21/h5-8,11H,3-4,9-10H2,1-2H3,(H2,17,19)(H,18,23). The number of nitrogens with one attached hydrogen (secondary N) is 1. The Balaban J connectivity index is 1.72. The molecule has 0 saturated carbocycles. The highest BCUT2D eigenvalue weighted by Crippen LogP contribution is 2.24. The summed E-state index contributed by atoms with van der Waals surface area (Å²) in [5, 5.41) is 11.0. The van der Waals surface area contributed by atoms with Gasteiger partial charge in [0, 0.05) is 18.8 Å². The van der Waals surface area contributed by atoms with Gasteiger partial charge in [-0.25, -0.2) is 8.42 Å². The lowest BCUT2D eigenvalue weighted by molar-refractivity contribution is -0.118. The summed E-state index contributed by atoms with van der Waals surface area (Å²) >= 11 is 1.34. The van der Waals surface area contributed by atoms with Crippen LogP contribution in [0, 0.1) is 0 Å². The van der Waals surface area contributed by atoms with Gasteiger partial charge in [-0.15, -0.1) is 10.2 Å². The topological polar surface area (TPSA) is 123 Å². The number of carbonyl (C=O) groups is 1. The normalized spacial score (nSPS) is 16.4. The molecule has 27 heavy (non-hydrogen) atoms. The van der Waals surface area contributed by atoms with Crippen LogP contribution >= 0.6 is 11.8 Å². The minimum atomic E-state index is -3.47. The van der Waals surface area contributed by atoms with Crippen LogP contribution in [0.5, 0.6) is 0 Å². The van der Waals surface area contributed by atoms with E-state index in [1.54, 1.807) is 23.6 Å². The van der Waals surface area contributed by atoms with Gasteiger partial charge in [0.15, 0.2) is 5.16 Å². The number of sulfonamides is 1. The molecule has 1 aromatic heterocycles. The van der Waals surface area contributed by atoms with Crippen molar-refractivity contribution in [3.63, 3.8) is 0 Å². The Bertz CT molecular complexity index is 920. The summed E-state index contributed by atoms with van der Waals surface area (Å²) in [5.41, 5.74) is 6.31. The minimum absolute atomic E-state index is 0.161. The van der Waals surface area contributed by atoms with Crippen LogP contribution in [0.2, 0.25) is 0 Å². The van der Waals surface area contributed by atoms with Crippen LogP contribution < -0.4 is 11.1 Å². The van der Waals surface area contributed by atoms with E-state index >= 15 is 0 Å². The molecule has 2 heterocycles. The first-order valence-electron chi connectivity index (χ1n) is 8.50. The van der Waals surface area contributed by atoms with Crippen LogP contribution in [0.4, 0.5) is 11.6 Å². The van der Waals surface area contributed by atoms with Gasteiger partial charge in [0.05, 0.1) is 4.90 Å². The lowest BCUT2D eigenvalue weighted by atomic mass is 10.2. The molecule has 0 spiro atoms. The van der Waals surface area contributed by atoms with E-state index in [4.69, 9.17) is 5.73 Å². The van der Waals surface area contributed by atoms with Gasteiger partial charge in [0.2, 0.25) is 21.9 Å². The third-order valence-electron chi connectivity index (χ3n) is 4.46. The average Bonchev–Trinajstić information content (AvgIpc) is 3.31. The Morgan fingerprint density at radius 2 is 1.85 bits per heavy atom. The van der Waals surface area contributed by atoms with Crippen molar-refractivity contribution >= 4 is 39.3 Å². The van der Waals surface area contributed by atoms with E-state index in [1.807, 2.05) is 6.26 Å². The Morgan fingerprint density at radius 1 is 1.22 bits per heavy atom. The molecule has 1 fully saturated rings. The van der Waals surface area contributed by atoms with Crippen molar-refractivity contribution in [2.75, 3.05) is 30.4 Å². The fourth-order valence-corrected chi connectivity index (χ4v) is 5.03. The highest BCUT2D eigenvalue weighted by molar-refractivity contribution is 7.98. The van der Waals surface area contributed by atoms with E-state index in [0.717, 1.165) is 12.8 Å². The number of nitrogens with zero attached hydrogens (tertiary/aromatic N) is 4. The number of nitrogen functional groups attached to an aromatic ring is 1. The summed E-state index contributed by atoms with van der Waals surface area (Å²) in [4.78, 5) is 12.8. The molecule has 1 aromatic carbocycles. The van der Waals surface area contributed by atoms with E-state index < -0.39 is 16.1 Å². The number of carbonyl (C=O) groups excluding carboxylic acids is 1. The second-order valence-corrected chi connectivity index (χ2v) is 8.93. The maximum Gasteiger partial charge on any atom is 0.247 e. The van der Waals surface area contributed by atoms with Crippen molar-refractivity contribution in [3.05, 3.63) is 24.3 Å². The molecule has 0 bridgehead atoms. The zero-order chi connectivity index (χ0) is 19.6. The van der Waals surface area contributed by atoms with Crippen LogP contribution in [0.1, 0.15) is 25.8 Å². The highest BCUT2D eigenvalue weighted by Gasteiger charge is 2.27. The number of amides is 1. The Morgan fingerprint density at radius 3 is 2.44 bits per heavy atom. The molecule has 3 rings (SSSR count). The SMILES string of the molecule is CSc1nnc(N)n1C(C)C(=O)Nc1ccc(S(=O)(=O)N2CCCC2)cc1. The zero-order valence-electron chi connectivity index (χ0n) is 15.1. The lowest BCUT2D eigenvalue weighted by Crippen LogP contribution is -2.28. The fraction of sp³-hybridized carbons (Fsp3) is 0.438. The first kappa shape index (κ1) is 19.6.